The van der Waals surface area contributed by atoms with Crippen molar-refractivity contribution in [2.24, 2.45) is 0 Å². The third-order valence-electron chi connectivity index (χ3n) is 4.56. The number of benzene rings is 2. The number of nitrogens with one attached hydrogen (secondary N) is 2. The first-order valence-corrected chi connectivity index (χ1v) is 8.91. The lowest BCUT2D eigenvalue weighted by Gasteiger charge is -2.11. The van der Waals surface area contributed by atoms with Crippen LogP contribution in [0.1, 0.15) is 44.7 Å². The fourth-order valence-corrected chi connectivity index (χ4v) is 2.95. The summed E-state index contributed by atoms with van der Waals surface area (Å²) in [6, 6.07) is 12.6. The number of amides is 2. The molecular formula is C21H24N2O3. The zero-order chi connectivity index (χ0) is 18.5. The molecule has 26 heavy (non-hydrogen) atoms. The summed E-state index contributed by atoms with van der Waals surface area (Å²) in [5.41, 5.74) is 3.94. The van der Waals surface area contributed by atoms with E-state index in [1.54, 1.807) is 24.3 Å². The van der Waals surface area contributed by atoms with Gasteiger partial charge in [0.2, 0.25) is 0 Å². The Labute approximate surface area is 153 Å². The summed E-state index contributed by atoms with van der Waals surface area (Å²) >= 11 is 0. The van der Waals surface area contributed by atoms with Gasteiger partial charge in [0.15, 0.2) is 0 Å². The number of rotatable bonds is 5. The van der Waals surface area contributed by atoms with Crippen molar-refractivity contribution in [2.75, 3.05) is 18.5 Å². The average molecular weight is 352 g/mol. The standard InChI is InChI=1S/C21H24N2O3/c1-14-5-6-15(2)19(12-14)23-21(25)17-9-7-16(8-10-17)20(24)22-13-18-4-3-11-26-18/h5-10,12,18H,3-4,11,13H2,1-2H3,(H,22,24)(H,23,25). The Kier molecular flexibility index (Phi) is 5.68. The van der Waals surface area contributed by atoms with Crippen molar-refractivity contribution in [3.63, 3.8) is 0 Å². The van der Waals surface area contributed by atoms with Crippen LogP contribution in [0.4, 0.5) is 5.69 Å². The molecule has 1 unspecified atom stereocenters. The van der Waals surface area contributed by atoms with Gasteiger partial charge in [0, 0.05) is 30.0 Å². The molecular weight excluding hydrogens is 328 g/mol. The summed E-state index contributed by atoms with van der Waals surface area (Å²) < 4.78 is 5.50. The second-order valence-corrected chi connectivity index (χ2v) is 6.69. The van der Waals surface area contributed by atoms with Crippen LogP contribution < -0.4 is 10.6 Å². The molecule has 1 aliphatic rings. The Bertz CT molecular complexity index is 793. The number of ether oxygens (including phenoxy) is 1. The highest BCUT2D eigenvalue weighted by atomic mass is 16.5. The summed E-state index contributed by atoms with van der Waals surface area (Å²) in [5.74, 6) is -0.341. The Balaban J connectivity index is 1.60. The molecule has 1 heterocycles. The van der Waals surface area contributed by atoms with Crippen molar-refractivity contribution in [1.29, 1.82) is 0 Å². The first kappa shape index (κ1) is 18.1. The van der Waals surface area contributed by atoms with Crippen LogP contribution in [0.2, 0.25) is 0 Å². The first-order chi connectivity index (χ1) is 12.5. The number of anilines is 1. The molecule has 0 aliphatic carbocycles. The fourth-order valence-electron chi connectivity index (χ4n) is 2.95. The lowest BCUT2D eigenvalue weighted by Crippen LogP contribution is -2.31. The zero-order valence-corrected chi connectivity index (χ0v) is 15.2. The molecule has 1 fully saturated rings. The minimum atomic E-state index is -0.190. The van der Waals surface area contributed by atoms with Crippen LogP contribution in [-0.2, 0) is 4.74 Å². The average Bonchev–Trinajstić information content (AvgIpc) is 3.16. The molecule has 0 aromatic heterocycles. The van der Waals surface area contributed by atoms with Crippen LogP contribution in [0.15, 0.2) is 42.5 Å². The van der Waals surface area contributed by atoms with Gasteiger partial charge in [-0.05, 0) is 68.1 Å². The Morgan fingerprint density at radius 1 is 1.04 bits per heavy atom. The third kappa shape index (κ3) is 4.49. The van der Waals surface area contributed by atoms with Crippen LogP contribution in [-0.4, -0.2) is 31.1 Å². The van der Waals surface area contributed by atoms with E-state index in [2.05, 4.69) is 10.6 Å². The number of hydrogen-bond acceptors (Lipinski definition) is 3. The van der Waals surface area contributed by atoms with Crippen LogP contribution >= 0.6 is 0 Å². The highest BCUT2D eigenvalue weighted by Gasteiger charge is 2.17. The second kappa shape index (κ2) is 8.15. The van der Waals surface area contributed by atoms with Gasteiger partial charge in [-0.15, -0.1) is 0 Å². The van der Waals surface area contributed by atoms with Crippen molar-refractivity contribution in [3.8, 4) is 0 Å². The van der Waals surface area contributed by atoms with Gasteiger partial charge in [-0.2, -0.15) is 0 Å². The van der Waals surface area contributed by atoms with Gasteiger partial charge in [0.25, 0.3) is 11.8 Å². The van der Waals surface area contributed by atoms with E-state index in [0.717, 1.165) is 36.3 Å². The minimum Gasteiger partial charge on any atom is -0.376 e. The van der Waals surface area contributed by atoms with Crippen LogP contribution in [0, 0.1) is 13.8 Å². The highest BCUT2D eigenvalue weighted by molar-refractivity contribution is 6.05. The number of carbonyl (C=O) groups is 2. The van der Waals surface area contributed by atoms with E-state index in [1.807, 2.05) is 32.0 Å². The van der Waals surface area contributed by atoms with E-state index in [-0.39, 0.29) is 17.9 Å². The topological polar surface area (TPSA) is 67.4 Å². The predicted octanol–water partition coefficient (Wildman–Crippen LogP) is 3.46. The molecule has 1 aliphatic heterocycles. The van der Waals surface area contributed by atoms with Crippen LogP contribution in [0.5, 0.6) is 0 Å². The van der Waals surface area contributed by atoms with Gasteiger partial charge in [0.05, 0.1) is 6.10 Å². The molecule has 0 saturated carbocycles. The molecule has 0 bridgehead atoms. The van der Waals surface area contributed by atoms with Gasteiger partial charge in [-0.25, -0.2) is 0 Å². The summed E-state index contributed by atoms with van der Waals surface area (Å²) in [6.07, 6.45) is 2.14. The molecule has 2 aromatic rings. The summed E-state index contributed by atoms with van der Waals surface area (Å²) in [4.78, 5) is 24.6. The van der Waals surface area contributed by atoms with Gasteiger partial charge in [-0.1, -0.05) is 12.1 Å². The lowest BCUT2D eigenvalue weighted by atomic mass is 10.1. The Hall–Kier alpha value is -2.66. The third-order valence-corrected chi connectivity index (χ3v) is 4.56. The molecule has 5 heteroatoms. The summed E-state index contributed by atoms with van der Waals surface area (Å²) in [5, 5.41) is 5.80. The van der Waals surface area contributed by atoms with Crippen LogP contribution in [0.25, 0.3) is 0 Å². The predicted molar refractivity (Wildman–Crippen MR) is 102 cm³/mol. The van der Waals surface area contributed by atoms with Gasteiger partial charge >= 0.3 is 0 Å². The molecule has 136 valence electrons. The van der Waals surface area contributed by atoms with Gasteiger partial charge in [-0.3, -0.25) is 9.59 Å². The number of carbonyl (C=O) groups excluding carboxylic acids is 2. The van der Waals surface area contributed by atoms with E-state index in [9.17, 15) is 9.59 Å². The SMILES string of the molecule is Cc1ccc(C)c(NC(=O)c2ccc(C(=O)NCC3CCCO3)cc2)c1. The quantitative estimate of drug-likeness (QED) is 0.866. The lowest BCUT2D eigenvalue weighted by molar-refractivity contribution is 0.0857. The molecule has 3 rings (SSSR count). The number of hydrogen-bond donors (Lipinski definition) is 2. The zero-order valence-electron chi connectivity index (χ0n) is 15.2. The van der Waals surface area contributed by atoms with E-state index in [0.29, 0.717) is 17.7 Å². The fraction of sp³-hybridized carbons (Fsp3) is 0.333. The first-order valence-electron chi connectivity index (χ1n) is 8.91. The second-order valence-electron chi connectivity index (χ2n) is 6.69. The van der Waals surface area contributed by atoms with E-state index in [1.165, 1.54) is 0 Å². The smallest absolute Gasteiger partial charge is 0.255 e. The highest BCUT2D eigenvalue weighted by Crippen LogP contribution is 2.18. The van der Waals surface area contributed by atoms with E-state index < -0.39 is 0 Å². The largest absolute Gasteiger partial charge is 0.376 e. The molecule has 0 radical (unpaired) electrons. The maximum absolute atomic E-state index is 12.4. The maximum atomic E-state index is 12.4. The normalized spacial score (nSPS) is 16.3. The monoisotopic (exact) mass is 352 g/mol. The Morgan fingerprint density at radius 2 is 1.73 bits per heavy atom. The van der Waals surface area contributed by atoms with Gasteiger partial charge in [0.1, 0.15) is 0 Å². The Morgan fingerprint density at radius 3 is 2.38 bits per heavy atom. The minimum absolute atomic E-state index is 0.113. The van der Waals surface area contributed by atoms with Gasteiger partial charge < -0.3 is 15.4 Å². The van der Waals surface area contributed by atoms with Crippen molar-refractivity contribution in [3.05, 3.63) is 64.7 Å². The molecule has 5 nitrogen and oxygen atoms in total. The summed E-state index contributed by atoms with van der Waals surface area (Å²) in [6.45, 7) is 5.23. The molecule has 2 N–H and O–H groups in total. The van der Waals surface area contributed by atoms with E-state index >= 15 is 0 Å². The van der Waals surface area contributed by atoms with Crippen molar-refractivity contribution in [2.45, 2.75) is 32.8 Å². The summed E-state index contributed by atoms with van der Waals surface area (Å²) in [7, 11) is 0. The maximum Gasteiger partial charge on any atom is 0.255 e. The molecule has 1 atom stereocenters. The molecule has 2 aromatic carbocycles. The molecule has 2 amide bonds. The number of aryl methyl sites for hydroxylation is 2. The molecule has 1 saturated heterocycles. The van der Waals surface area contributed by atoms with Crippen LogP contribution in [0.3, 0.4) is 0 Å². The van der Waals surface area contributed by atoms with E-state index in [4.69, 9.17) is 4.74 Å². The molecule has 0 spiro atoms. The van der Waals surface area contributed by atoms with Crippen molar-refractivity contribution < 1.29 is 14.3 Å². The van der Waals surface area contributed by atoms with Crippen molar-refractivity contribution in [1.82, 2.24) is 5.32 Å². The van der Waals surface area contributed by atoms with Crippen molar-refractivity contribution >= 4 is 17.5 Å².